The molecule has 126 valence electrons. The largest absolute Gasteiger partial charge is 0.340 e. The maximum Gasteiger partial charge on any atom is 0.247 e. The molecule has 0 spiro atoms. The lowest BCUT2D eigenvalue weighted by Crippen LogP contribution is -2.07. The monoisotopic (exact) mass is 340 g/mol. The van der Waals surface area contributed by atoms with E-state index in [1.165, 1.54) is 17.8 Å². The van der Waals surface area contributed by atoms with Gasteiger partial charge in [0.2, 0.25) is 5.91 Å². The van der Waals surface area contributed by atoms with Crippen LogP contribution in [0.15, 0.2) is 79.6 Å². The average molecular weight is 340 g/mol. The zero-order valence-electron chi connectivity index (χ0n) is 13.9. The molecular weight excluding hydrogens is 324 g/mol. The molecule has 2 N–H and O–H groups in total. The fraction of sp³-hybridized carbons (Fsp3) is 0. The van der Waals surface area contributed by atoms with E-state index in [1.54, 1.807) is 6.07 Å². The highest BCUT2D eigenvalue weighted by Crippen LogP contribution is 2.27. The molecule has 1 aromatic heterocycles. The minimum Gasteiger partial charge on any atom is -0.340 e. The standard InChI is InChI=1S/C21H16N4O/c1-2-20(26)24-17-9-10-19-18(12-17)21(23-13-22-19)25-16-8-7-14-5-3-4-6-15(14)11-16/h2-13H,1H2,(H,24,26)(H,22,23,25). The molecule has 5 nitrogen and oxygen atoms in total. The van der Waals surface area contributed by atoms with E-state index in [-0.39, 0.29) is 5.91 Å². The first-order valence-electron chi connectivity index (χ1n) is 8.17. The van der Waals surface area contributed by atoms with E-state index >= 15 is 0 Å². The molecule has 0 aliphatic heterocycles. The fourth-order valence-corrected chi connectivity index (χ4v) is 2.83. The first-order chi connectivity index (χ1) is 12.7. The third kappa shape index (κ3) is 3.10. The van der Waals surface area contributed by atoms with Crippen LogP contribution in [0.1, 0.15) is 0 Å². The van der Waals surface area contributed by atoms with Crippen LogP contribution < -0.4 is 10.6 Å². The Kier molecular flexibility index (Phi) is 4.03. The van der Waals surface area contributed by atoms with Crippen molar-refractivity contribution in [2.75, 3.05) is 10.6 Å². The van der Waals surface area contributed by atoms with Crippen LogP contribution in [0.25, 0.3) is 21.7 Å². The van der Waals surface area contributed by atoms with Crippen LogP contribution >= 0.6 is 0 Å². The van der Waals surface area contributed by atoms with Crippen LogP contribution in [-0.4, -0.2) is 15.9 Å². The van der Waals surface area contributed by atoms with E-state index in [0.717, 1.165) is 22.0 Å². The molecule has 0 saturated heterocycles. The molecular formula is C21H16N4O. The summed E-state index contributed by atoms with van der Waals surface area (Å²) in [4.78, 5) is 20.2. The molecule has 1 amide bonds. The zero-order valence-corrected chi connectivity index (χ0v) is 13.9. The van der Waals surface area contributed by atoms with Gasteiger partial charge in [-0.3, -0.25) is 4.79 Å². The lowest BCUT2D eigenvalue weighted by molar-refractivity contribution is -0.111. The van der Waals surface area contributed by atoms with Crippen molar-refractivity contribution in [1.82, 2.24) is 9.97 Å². The summed E-state index contributed by atoms with van der Waals surface area (Å²) in [6, 6.07) is 19.8. The number of rotatable bonds is 4. The van der Waals surface area contributed by atoms with Crippen molar-refractivity contribution in [2.24, 2.45) is 0 Å². The summed E-state index contributed by atoms with van der Waals surface area (Å²) in [6.45, 7) is 3.47. The van der Waals surface area contributed by atoms with Crippen LogP contribution in [0, 0.1) is 0 Å². The Morgan fingerprint density at radius 2 is 1.73 bits per heavy atom. The molecule has 0 fully saturated rings. The van der Waals surface area contributed by atoms with Gasteiger partial charge in [-0.15, -0.1) is 0 Å². The van der Waals surface area contributed by atoms with E-state index in [0.29, 0.717) is 11.5 Å². The average Bonchev–Trinajstić information content (AvgIpc) is 2.68. The molecule has 0 aliphatic rings. The highest BCUT2D eigenvalue weighted by molar-refractivity contribution is 6.01. The third-order valence-electron chi connectivity index (χ3n) is 4.10. The van der Waals surface area contributed by atoms with E-state index in [1.807, 2.05) is 30.3 Å². The predicted molar refractivity (Wildman–Crippen MR) is 106 cm³/mol. The number of nitrogens with one attached hydrogen (secondary N) is 2. The number of benzene rings is 3. The topological polar surface area (TPSA) is 66.9 Å². The summed E-state index contributed by atoms with van der Waals surface area (Å²) in [7, 11) is 0. The summed E-state index contributed by atoms with van der Waals surface area (Å²) in [5.41, 5.74) is 2.39. The smallest absolute Gasteiger partial charge is 0.247 e. The Morgan fingerprint density at radius 1 is 0.923 bits per heavy atom. The molecule has 4 rings (SSSR count). The van der Waals surface area contributed by atoms with Crippen molar-refractivity contribution in [1.29, 1.82) is 0 Å². The normalized spacial score (nSPS) is 10.6. The van der Waals surface area contributed by atoms with Crippen molar-refractivity contribution >= 4 is 44.8 Å². The van der Waals surface area contributed by atoms with Crippen molar-refractivity contribution in [3.63, 3.8) is 0 Å². The number of hydrogen-bond acceptors (Lipinski definition) is 4. The molecule has 0 saturated carbocycles. The van der Waals surface area contributed by atoms with Crippen LogP contribution in [0.4, 0.5) is 17.2 Å². The number of carbonyl (C=O) groups excluding carboxylic acids is 1. The molecule has 0 radical (unpaired) electrons. The second-order valence-electron chi connectivity index (χ2n) is 5.83. The van der Waals surface area contributed by atoms with Crippen molar-refractivity contribution < 1.29 is 4.79 Å². The SMILES string of the molecule is C=CC(=O)Nc1ccc2ncnc(Nc3ccc4ccccc4c3)c2c1. The van der Waals surface area contributed by atoms with Gasteiger partial charge in [0.15, 0.2) is 0 Å². The first kappa shape index (κ1) is 15.8. The molecule has 0 atom stereocenters. The van der Waals surface area contributed by atoms with E-state index in [9.17, 15) is 4.79 Å². The Balaban J connectivity index is 1.73. The molecule has 1 heterocycles. The summed E-state index contributed by atoms with van der Waals surface area (Å²) in [5, 5.41) is 9.26. The lowest BCUT2D eigenvalue weighted by atomic mass is 10.1. The van der Waals surface area contributed by atoms with E-state index in [4.69, 9.17) is 0 Å². The molecule has 0 bridgehead atoms. The Bertz CT molecular complexity index is 1140. The number of fused-ring (bicyclic) bond motifs is 2. The molecule has 26 heavy (non-hydrogen) atoms. The molecule has 4 aromatic rings. The second-order valence-corrected chi connectivity index (χ2v) is 5.83. The molecule has 3 aromatic carbocycles. The Hall–Kier alpha value is -3.73. The lowest BCUT2D eigenvalue weighted by Gasteiger charge is -2.10. The predicted octanol–water partition coefficient (Wildman–Crippen LogP) is 4.65. The number of hydrogen-bond donors (Lipinski definition) is 2. The Morgan fingerprint density at radius 3 is 2.58 bits per heavy atom. The van der Waals surface area contributed by atoms with E-state index < -0.39 is 0 Å². The minimum atomic E-state index is -0.259. The number of aromatic nitrogens is 2. The minimum absolute atomic E-state index is 0.259. The fourth-order valence-electron chi connectivity index (χ4n) is 2.83. The van der Waals surface area contributed by atoms with Crippen LogP contribution in [-0.2, 0) is 4.79 Å². The van der Waals surface area contributed by atoms with Gasteiger partial charge in [-0.05, 0) is 47.2 Å². The summed E-state index contributed by atoms with van der Waals surface area (Å²) in [5.74, 6) is 0.422. The zero-order chi connectivity index (χ0) is 17.9. The van der Waals surface area contributed by atoms with Gasteiger partial charge < -0.3 is 10.6 Å². The third-order valence-corrected chi connectivity index (χ3v) is 4.10. The van der Waals surface area contributed by atoms with Gasteiger partial charge in [-0.1, -0.05) is 36.9 Å². The van der Waals surface area contributed by atoms with Gasteiger partial charge in [0.1, 0.15) is 12.1 Å². The second kappa shape index (κ2) is 6.64. The van der Waals surface area contributed by atoms with Gasteiger partial charge in [0.05, 0.1) is 5.52 Å². The number of carbonyl (C=O) groups is 1. The number of nitrogens with zero attached hydrogens (tertiary/aromatic N) is 2. The van der Waals surface area contributed by atoms with Crippen molar-refractivity contribution in [3.05, 3.63) is 79.6 Å². The summed E-state index contributed by atoms with van der Waals surface area (Å²) < 4.78 is 0. The Labute approximate surface area is 150 Å². The van der Waals surface area contributed by atoms with Crippen LogP contribution in [0.2, 0.25) is 0 Å². The van der Waals surface area contributed by atoms with Crippen LogP contribution in [0.3, 0.4) is 0 Å². The van der Waals surface area contributed by atoms with Gasteiger partial charge in [0.25, 0.3) is 0 Å². The number of amides is 1. The van der Waals surface area contributed by atoms with Gasteiger partial charge in [-0.25, -0.2) is 9.97 Å². The van der Waals surface area contributed by atoms with Gasteiger partial charge in [-0.2, -0.15) is 0 Å². The summed E-state index contributed by atoms with van der Waals surface area (Å²) >= 11 is 0. The molecule has 0 unspecified atom stereocenters. The first-order valence-corrected chi connectivity index (χ1v) is 8.17. The van der Waals surface area contributed by atoms with Crippen molar-refractivity contribution in [2.45, 2.75) is 0 Å². The highest BCUT2D eigenvalue weighted by Gasteiger charge is 2.07. The summed E-state index contributed by atoms with van der Waals surface area (Å²) in [6.07, 6.45) is 2.76. The highest BCUT2D eigenvalue weighted by atomic mass is 16.1. The van der Waals surface area contributed by atoms with Crippen LogP contribution in [0.5, 0.6) is 0 Å². The molecule has 5 heteroatoms. The van der Waals surface area contributed by atoms with Gasteiger partial charge in [0, 0.05) is 16.8 Å². The van der Waals surface area contributed by atoms with E-state index in [2.05, 4.69) is 51.4 Å². The quantitative estimate of drug-likeness (QED) is 0.531. The van der Waals surface area contributed by atoms with Gasteiger partial charge >= 0.3 is 0 Å². The maximum atomic E-state index is 11.5. The number of anilines is 3. The maximum absolute atomic E-state index is 11.5. The van der Waals surface area contributed by atoms with Crippen molar-refractivity contribution in [3.8, 4) is 0 Å². The molecule has 0 aliphatic carbocycles.